The van der Waals surface area contributed by atoms with Crippen LogP contribution >= 0.6 is 0 Å². The van der Waals surface area contributed by atoms with Crippen molar-refractivity contribution in [1.82, 2.24) is 14.9 Å². The molecule has 2 heterocycles. The van der Waals surface area contributed by atoms with E-state index in [0.717, 1.165) is 25.2 Å². The first-order valence-corrected chi connectivity index (χ1v) is 5.53. The van der Waals surface area contributed by atoms with Crippen molar-refractivity contribution in [1.29, 1.82) is 0 Å². The van der Waals surface area contributed by atoms with Gasteiger partial charge in [0.2, 0.25) is 0 Å². The Morgan fingerprint density at radius 2 is 2.40 bits per heavy atom. The Labute approximate surface area is 90.5 Å². The molecule has 1 fully saturated rings. The number of nitrogens with two attached hydrogens (primary N) is 1. The second-order valence-corrected chi connectivity index (χ2v) is 4.20. The molecule has 1 aromatic heterocycles. The second-order valence-electron chi connectivity index (χ2n) is 4.20. The molecule has 2 unspecified atom stereocenters. The van der Waals surface area contributed by atoms with Crippen LogP contribution in [0.2, 0.25) is 0 Å². The number of aromatic nitrogens is 2. The summed E-state index contributed by atoms with van der Waals surface area (Å²) < 4.78 is 0. The van der Waals surface area contributed by atoms with Crippen molar-refractivity contribution in [3.05, 3.63) is 24.3 Å². The first-order chi connectivity index (χ1) is 7.27. The van der Waals surface area contributed by atoms with E-state index in [1.54, 1.807) is 12.4 Å². The van der Waals surface area contributed by atoms with Gasteiger partial charge in [-0.15, -0.1) is 0 Å². The molecule has 2 rings (SSSR count). The summed E-state index contributed by atoms with van der Waals surface area (Å²) in [5, 5.41) is 0. The van der Waals surface area contributed by atoms with Crippen LogP contribution in [0.1, 0.15) is 31.5 Å². The van der Waals surface area contributed by atoms with Gasteiger partial charge < -0.3 is 5.73 Å². The van der Waals surface area contributed by atoms with Crippen LogP contribution in [0.15, 0.2) is 18.6 Å². The van der Waals surface area contributed by atoms with Crippen molar-refractivity contribution >= 4 is 0 Å². The fourth-order valence-corrected chi connectivity index (χ4v) is 2.11. The molecule has 0 aliphatic carbocycles. The predicted molar refractivity (Wildman–Crippen MR) is 59.2 cm³/mol. The number of likely N-dealkylation sites (tertiary alicyclic amines) is 1. The lowest BCUT2D eigenvalue weighted by Gasteiger charge is -2.34. The van der Waals surface area contributed by atoms with E-state index in [1.165, 1.54) is 6.42 Å². The summed E-state index contributed by atoms with van der Waals surface area (Å²) in [4.78, 5) is 10.8. The number of nitrogens with zero attached hydrogens (tertiary/aromatic N) is 3. The molecule has 15 heavy (non-hydrogen) atoms. The van der Waals surface area contributed by atoms with Crippen molar-refractivity contribution in [3.8, 4) is 0 Å². The lowest BCUT2D eigenvalue weighted by atomic mass is 10.0. The Morgan fingerprint density at radius 3 is 3.07 bits per heavy atom. The molecule has 0 amide bonds. The number of hydrogen-bond acceptors (Lipinski definition) is 4. The highest BCUT2D eigenvalue weighted by atomic mass is 15.2. The van der Waals surface area contributed by atoms with E-state index in [4.69, 9.17) is 5.73 Å². The molecule has 4 nitrogen and oxygen atoms in total. The van der Waals surface area contributed by atoms with Gasteiger partial charge >= 0.3 is 0 Å². The topological polar surface area (TPSA) is 55.0 Å². The Kier molecular flexibility index (Phi) is 3.28. The minimum absolute atomic E-state index is 0.317. The summed E-state index contributed by atoms with van der Waals surface area (Å²) in [6, 6.07) is 0.642. The Balaban J connectivity index is 2.04. The van der Waals surface area contributed by atoms with Crippen LogP contribution in [0.4, 0.5) is 0 Å². The van der Waals surface area contributed by atoms with E-state index in [-0.39, 0.29) is 0 Å². The van der Waals surface area contributed by atoms with Crippen LogP contribution in [0, 0.1) is 0 Å². The Morgan fingerprint density at radius 1 is 1.53 bits per heavy atom. The molecule has 1 aliphatic rings. The second kappa shape index (κ2) is 4.68. The van der Waals surface area contributed by atoms with Gasteiger partial charge in [-0.25, -0.2) is 0 Å². The highest BCUT2D eigenvalue weighted by Gasteiger charge is 2.22. The SMILES string of the molecule is CC(c1cnccn1)N1CCCC(N)C1. The molecule has 0 aromatic carbocycles. The summed E-state index contributed by atoms with van der Waals surface area (Å²) in [5.41, 5.74) is 7.00. The fraction of sp³-hybridized carbons (Fsp3) is 0.636. The molecule has 2 atom stereocenters. The van der Waals surface area contributed by atoms with Crippen LogP contribution in [-0.4, -0.2) is 34.0 Å². The maximum absolute atomic E-state index is 5.96. The van der Waals surface area contributed by atoms with Crippen LogP contribution in [0.25, 0.3) is 0 Å². The van der Waals surface area contributed by atoms with Crippen molar-refractivity contribution in [2.45, 2.75) is 31.8 Å². The molecule has 0 spiro atoms. The molecular formula is C11H18N4. The molecule has 4 heteroatoms. The van der Waals surface area contributed by atoms with Crippen molar-refractivity contribution in [2.24, 2.45) is 5.73 Å². The molecule has 1 saturated heterocycles. The fourth-order valence-electron chi connectivity index (χ4n) is 2.11. The first kappa shape index (κ1) is 10.5. The van der Waals surface area contributed by atoms with Crippen LogP contribution < -0.4 is 5.73 Å². The Bertz CT molecular complexity index is 301. The maximum Gasteiger partial charge on any atom is 0.0755 e. The third-order valence-electron chi connectivity index (χ3n) is 3.05. The van der Waals surface area contributed by atoms with Crippen LogP contribution in [0.5, 0.6) is 0 Å². The summed E-state index contributed by atoms with van der Waals surface area (Å²) in [6.07, 6.45) is 7.62. The minimum atomic E-state index is 0.317. The van der Waals surface area contributed by atoms with Crippen molar-refractivity contribution in [2.75, 3.05) is 13.1 Å². The molecule has 2 N–H and O–H groups in total. The summed E-state index contributed by atoms with van der Waals surface area (Å²) >= 11 is 0. The lowest BCUT2D eigenvalue weighted by molar-refractivity contribution is 0.157. The van der Waals surface area contributed by atoms with E-state index < -0.39 is 0 Å². The third-order valence-corrected chi connectivity index (χ3v) is 3.05. The predicted octanol–water partition coefficient (Wildman–Crippen LogP) is 0.961. The van der Waals surface area contributed by atoms with Gasteiger partial charge in [0.25, 0.3) is 0 Å². The Hall–Kier alpha value is -1.00. The largest absolute Gasteiger partial charge is 0.327 e. The standard InChI is InChI=1S/C11H18N4/c1-9(11-7-13-4-5-14-11)15-6-2-3-10(12)8-15/h4-5,7,9-10H,2-3,6,8,12H2,1H3. The van der Waals surface area contributed by atoms with Gasteiger partial charge in [-0.1, -0.05) is 0 Å². The molecule has 0 saturated carbocycles. The van der Waals surface area contributed by atoms with Gasteiger partial charge in [0.15, 0.2) is 0 Å². The van der Waals surface area contributed by atoms with Gasteiger partial charge in [-0.2, -0.15) is 0 Å². The molecule has 0 bridgehead atoms. The van der Waals surface area contributed by atoms with Gasteiger partial charge in [0.1, 0.15) is 0 Å². The quantitative estimate of drug-likeness (QED) is 0.783. The summed E-state index contributed by atoms with van der Waals surface area (Å²) in [6.45, 7) is 4.26. The van der Waals surface area contributed by atoms with Crippen LogP contribution in [-0.2, 0) is 0 Å². The highest BCUT2D eigenvalue weighted by Crippen LogP contribution is 2.21. The number of piperidine rings is 1. The van der Waals surface area contributed by atoms with E-state index in [0.29, 0.717) is 12.1 Å². The van der Waals surface area contributed by atoms with Gasteiger partial charge in [-0.3, -0.25) is 14.9 Å². The summed E-state index contributed by atoms with van der Waals surface area (Å²) in [7, 11) is 0. The van der Waals surface area contributed by atoms with Gasteiger partial charge in [0.05, 0.1) is 11.7 Å². The zero-order valence-corrected chi connectivity index (χ0v) is 9.13. The van der Waals surface area contributed by atoms with Gasteiger partial charge in [0, 0.05) is 31.2 Å². The molecular weight excluding hydrogens is 188 g/mol. The average molecular weight is 206 g/mol. The smallest absolute Gasteiger partial charge is 0.0755 e. The number of rotatable bonds is 2. The van der Waals surface area contributed by atoms with Gasteiger partial charge in [-0.05, 0) is 26.3 Å². The lowest BCUT2D eigenvalue weighted by Crippen LogP contribution is -2.43. The number of hydrogen-bond donors (Lipinski definition) is 1. The van der Waals surface area contributed by atoms with Crippen LogP contribution in [0.3, 0.4) is 0 Å². The van der Waals surface area contributed by atoms with E-state index in [9.17, 15) is 0 Å². The van der Waals surface area contributed by atoms with E-state index in [1.807, 2.05) is 6.20 Å². The summed E-state index contributed by atoms with van der Waals surface area (Å²) in [5.74, 6) is 0. The highest BCUT2D eigenvalue weighted by molar-refractivity contribution is 5.02. The first-order valence-electron chi connectivity index (χ1n) is 5.53. The zero-order valence-electron chi connectivity index (χ0n) is 9.13. The third kappa shape index (κ3) is 2.52. The molecule has 0 radical (unpaired) electrons. The normalized spacial score (nSPS) is 25.1. The molecule has 1 aromatic rings. The average Bonchev–Trinajstić information content (AvgIpc) is 2.29. The molecule has 1 aliphatic heterocycles. The van der Waals surface area contributed by atoms with Crippen molar-refractivity contribution < 1.29 is 0 Å². The van der Waals surface area contributed by atoms with Crippen molar-refractivity contribution in [3.63, 3.8) is 0 Å². The molecule has 82 valence electrons. The minimum Gasteiger partial charge on any atom is -0.327 e. The van der Waals surface area contributed by atoms with E-state index >= 15 is 0 Å². The maximum atomic E-state index is 5.96. The monoisotopic (exact) mass is 206 g/mol. The van der Waals surface area contributed by atoms with E-state index in [2.05, 4.69) is 21.8 Å². The zero-order chi connectivity index (χ0) is 10.7.